The molecule has 0 unspecified atom stereocenters. The molecule has 0 bridgehead atoms. The van der Waals surface area contributed by atoms with Gasteiger partial charge in [0.1, 0.15) is 5.69 Å². The predicted molar refractivity (Wildman–Crippen MR) is 103 cm³/mol. The lowest BCUT2D eigenvalue weighted by Crippen LogP contribution is -2.39. The molecular weight excluding hydrogens is 330 g/mol. The van der Waals surface area contributed by atoms with Gasteiger partial charge in [0.15, 0.2) is 0 Å². The number of nitrogens with one attached hydrogen (secondary N) is 1. The van der Waals surface area contributed by atoms with Crippen LogP contribution >= 0.6 is 0 Å². The third-order valence-electron chi connectivity index (χ3n) is 4.48. The van der Waals surface area contributed by atoms with Gasteiger partial charge < -0.3 is 5.32 Å². The number of carbonyl (C=O) groups is 1. The van der Waals surface area contributed by atoms with E-state index in [-0.39, 0.29) is 17.3 Å². The second-order valence-electron chi connectivity index (χ2n) is 6.75. The Hall–Kier alpha value is -2.73. The van der Waals surface area contributed by atoms with Crippen molar-refractivity contribution in [2.75, 3.05) is 12.4 Å². The number of rotatable bonds is 7. The van der Waals surface area contributed by atoms with Crippen LogP contribution in [0.25, 0.3) is 0 Å². The predicted octanol–water partition coefficient (Wildman–Crippen LogP) is 4.18. The molecule has 6 nitrogen and oxygen atoms in total. The molecule has 2 aromatic rings. The first-order valence-corrected chi connectivity index (χ1v) is 8.63. The summed E-state index contributed by atoms with van der Waals surface area (Å²) in [6, 6.07) is 14.1. The van der Waals surface area contributed by atoms with Crippen LogP contribution in [0.5, 0.6) is 0 Å². The Morgan fingerprint density at radius 3 is 2.31 bits per heavy atom. The highest BCUT2D eigenvalue weighted by molar-refractivity contribution is 5.96. The van der Waals surface area contributed by atoms with Crippen molar-refractivity contribution in [2.45, 2.75) is 39.3 Å². The molecule has 26 heavy (non-hydrogen) atoms. The summed E-state index contributed by atoms with van der Waals surface area (Å²) >= 11 is 0. The van der Waals surface area contributed by atoms with E-state index in [9.17, 15) is 14.9 Å². The molecule has 0 saturated carbocycles. The summed E-state index contributed by atoms with van der Waals surface area (Å²) in [5.74, 6) is 0.203. The molecule has 138 valence electrons. The minimum atomic E-state index is -0.500. The molecule has 1 N–H and O–H groups in total. The highest BCUT2D eigenvalue weighted by Gasteiger charge is 2.21. The molecule has 0 aromatic heterocycles. The van der Waals surface area contributed by atoms with E-state index in [0.717, 1.165) is 5.56 Å². The molecule has 0 saturated heterocycles. The van der Waals surface area contributed by atoms with Gasteiger partial charge in [-0.3, -0.25) is 19.8 Å². The zero-order valence-electron chi connectivity index (χ0n) is 15.6. The monoisotopic (exact) mass is 355 g/mol. The Bertz CT molecular complexity index is 772. The molecule has 0 aliphatic heterocycles. The first-order valence-electron chi connectivity index (χ1n) is 8.63. The summed E-state index contributed by atoms with van der Waals surface area (Å²) in [5.41, 5.74) is 2.49. The van der Waals surface area contributed by atoms with Crippen molar-refractivity contribution in [3.05, 3.63) is 69.8 Å². The van der Waals surface area contributed by atoms with Crippen LogP contribution in [0, 0.1) is 10.1 Å². The number of likely N-dealkylation sites (N-methyl/N-ethyl adjacent to an activating group) is 1. The molecule has 2 rings (SSSR count). The van der Waals surface area contributed by atoms with Crippen LogP contribution in [0.4, 0.5) is 11.4 Å². The van der Waals surface area contributed by atoms with Crippen molar-refractivity contribution in [3.63, 3.8) is 0 Å². The summed E-state index contributed by atoms with van der Waals surface area (Å²) < 4.78 is 0. The lowest BCUT2D eigenvalue weighted by Gasteiger charge is -2.24. The van der Waals surface area contributed by atoms with E-state index in [0.29, 0.717) is 12.5 Å². The second kappa shape index (κ2) is 8.58. The molecule has 0 heterocycles. The molecule has 6 heteroatoms. The zero-order valence-corrected chi connectivity index (χ0v) is 15.6. The normalized spacial score (nSPS) is 12.2. The van der Waals surface area contributed by atoms with Gasteiger partial charge in [0.2, 0.25) is 5.91 Å². The minimum Gasteiger partial charge on any atom is -0.319 e. The number of nitro benzene ring substituents is 1. The third kappa shape index (κ3) is 4.89. The maximum absolute atomic E-state index is 12.5. The first kappa shape index (κ1) is 19.6. The number of benzene rings is 2. The van der Waals surface area contributed by atoms with E-state index in [1.54, 1.807) is 19.1 Å². The molecule has 0 aliphatic rings. The van der Waals surface area contributed by atoms with Gasteiger partial charge in [-0.25, -0.2) is 0 Å². The van der Waals surface area contributed by atoms with Gasteiger partial charge in [0.05, 0.1) is 11.0 Å². The standard InChI is InChI=1S/C20H25N3O3/c1-14(2)17-11-9-16(10-12-17)13-22(4)15(3)20(24)21-18-7-5-6-8-19(18)23(25)26/h5-12,14-15H,13H2,1-4H3,(H,21,24)/t15-/m0/s1. The van der Waals surface area contributed by atoms with Crippen LogP contribution in [0.2, 0.25) is 0 Å². The van der Waals surface area contributed by atoms with E-state index in [2.05, 4.69) is 43.4 Å². The number of carbonyl (C=O) groups excluding carboxylic acids is 1. The van der Waals surface area contributed by atoms with Crippen LogP contribution in [-0.2, 0) is 11.3 Å². The van der Waals surface area contributed by atoms with Gasteiger partial charge in [-0.2, -0.15) is 0 Å². The number of nitro groups is 1. The molecule has 0 radical (unpaired) electrons. The van der Waals surface area contributed by atoms with Crippen molar-refractivity contribution in [1.82, 2.24) is 4.90 Å². The maximum atomic E-state index is 12.5. The Balaban J connectivity index is 2.02. The SMILES string of the molecule is CC(C)c1ccc(CN(C)[C@@H](C)C(=O)Nc2ccccc2[N+](=O)[O-])cc1. The number of nitrogens with zero attached hydrogens (tertiary/aromatic N) is 2. The minimum absolute atomic E-state index is 0.111. The fraction of sp³-hybridized carbons (Fsp3) is 0.350. The van der Waals surface area contributed by atoms with Crippen molar-refractivity contribution >= 4 is 17.3 Å². The van der Waals surface area contributed by atoms with Crippen molar-refractivity contribution < 1.29 is 9.72 Å². The molecular formula is C20H25N3O3. The molecule has 0 spiro atoms. The summed E-state index contributed by atoms with van der Waals surface area (Å²) in [6.07, 6.45) is 0. The molecule has 0 aliphatic carbocycles. The van der Waals surface area contributed by atoms with Gasteiger partial charge >= 0.3 is 0 Å². The largest absolute Gasteiger partial charge is 0.319 e. The lowest BCUT2D eigenvalue weighted by molar-refractivity contribution is -0.383. The fourth-order valence-electron chi connectivity index (χ4n) is 2.61. The lowest BCUT2D eigenvalue weighted by atomic mass is 10.0. The van der Waals surface area contributed by atoms with Gasteiger partial charge in [0.25, 0.3) is 5.69 Å². The Labute approximate surface area is 154 Å². The second-order valence-corrected chi connectivity index (χ2v) is 6.75. The zero-order chi connectivity index (χ0) is 19.3. The van der Waals surface area contributed by atoms with Crippen LogP contribution in [0.3, 0.4) is 0 Å². The summed E-state index contributed by atoms with van der Waals surface area (Å²) in [6.45, 7) is 6.70. The molecule has 1 amide bonds. The fourth-order valence-corrected chi connectivity index (χ4v) is 2.61. The average Bonchev–Trinajstić information content (AvgIpc) is 2.61. The Morgan fingerprint density at radius 1 is 1.12 bits per heavy atom. The van der Waals surface area contributed by atoms with Crippen molar-refractivity contribution in [3.8, 4) is 0 Å². The van der Waals surface area contributed by atoms with Crippen LogP contribution in [0.1, 0.15) is 37.8 Å². The van der Waals surface area contributed by atoms with E-state index < -0.39 is 11.0 Å². The molecule has 0 fully saturated rings. The van der Waals surface area contributed by atoms with Crippen LogP contribution in [0.15, 0.2) is 48.5 Å². The maximum Gasteiger partial charge on any atom is 0.292 e. The van der Waals surface area contributed by atoms with E-state index >= 15 is 0 Å². The van der Waals surface area contributed by atoms with Gasteiger partial charge in [-0.1, -0.05) is 50.2 Å². The summed E-state index contributed by atoms with van der Waals surface area (Å²) in [5, 5.41) is 13.7. The smallest absolute Gasteiger partial charge is 0.292 e. The topological polar surface area (TPSA) is 75.5 Å². The molecule has 2 aromatic carbocycles. The first-order chi connectivity index (χ1) is 12.3. The summed E-state index contributed by atoms with van der Waals surface area (Å²) in [7, 11) is 1.86. The summed E-state index contributed by atoms with van der Waals surface area (Å²) in [4.78, 5) is 25.0. The quantitative estimate of drug-likeness (QED) is 0.597. The van der Waals surface area contributed by atoms with E-state index in [4.69, 9.17) is 0 Å². The highest BCUT2D eigenvalue weighted by atomic mass is 16.6. The van der Waals surface area contributed by atoms with Crippen LogP contribution < -0.4 is 5.32 Å². The van der Waals surface area contributed by atoms with E-state index in [1.165, 1.54) is 17.7 Å². The third-order valence-corrected chi connectivity index (χ3v) is 4.48. The number of hydrogen-bond acceptors (Lipinski definition) is 4. The van der Waals surface area contributed by atoms with Crippen LogP contribution in [-0.4, -0.2) is 28.8 Å². The Kier molecular flexibility index (Phi) is 6.46. The number of hydrogen-bond donors (Lipinski definition) is 1. The van der Waals surface area contributed by atoms with Crippen molar-refractivity contribution in [1.29, 1.82) is 0 Å². The number of para-hydroxylation sites is 2. The number of amides is 1. The Morgan fingerprint density at radius 2 is 1.73 bits per heavy atom. The highest BCUT2D eigenvalue weighted by Crippen LogP contribution is 2.23. The molecule has 1 atom stereocenters. The average molecular weight is 355 g/mol. The van der Waals surface area contributed by atoms with Gasteiger partial charge in [0, 0.05) is 12.6 Å². The number of anilines is 1. The van der Waals surface area contributed by atoms with Gasteiger partial charge in [-0.05, 0) is 37.1 Å². The van der Waals surface area contributed by atoms with Gasteiger partial charge in [-0.15, -0.1) is 0 Å². The van der Waals surface area contributed by atoms with E-state index in [1.807, 2.05) is 11.9 Å². The van der Waals surface area contributed by atoms with Crippen molar-refractivity contribution in [2.24, 2.45) is 0 Å².